The topological polar surface area (TPSA) is 146 Å². The fraction of sp³-hybridized carbons (Fsp3) is 0.0588. The number of benzene rings is 2. The maximum Gasteiger partial charge on any atom is 0.315 e. The molecule has 3 aromatic rings. The van der Waals surface area contributed by atoms with E-state index in [1.807, 2.05) is 0 Å². The van der Waals surface area contributed by atoms with E-state index in [1.165, 1.54) is 43.3 Å². The van der Waals surface area contributed by atoms with Crippen LogP contribution in [0.2, 0.25) is 0 Å². The van der Waals surface area contributed by atoms with Crippen LogP contribution in [0.15, 0.2) is 47.4 Å². The van der Waals surface area contributed by atoms with Gasteiger partial charge in [0.2, 0.25) is 17.8 Å². The number of nitrogens with one attached hydrogen (secondary N) is 3. The summed E-state index contributed by atoms with van der Waals surface area (Å²) in [6, 6.07) is 12.9. The molecule has 2 aromatic carbocycles. The zero-order valence-electron chi connectivity index (χ0n) is 14.8. The Kier molecular flexibility index (Phi) is 5.66. The molecule has 0 atom stereocenters. The maximum absolute atomic E-state index is 13.8. The number of amides is 1. The second-order valence-corrected chi connectivity index (χ2v) is 7.04. The molecule has 0 aliphatic rings. The highest BCUT2D eigenvalue weighted by Crippen LogP contribution is 2.24. The number of nitrogens with zero attached hydrogens (tertiary/aromatic N) is 3. The molecule has 0 bridgehead atoms. The summed E-state index contributed by atoms with van der Waals surface area (Å²) in [6.07, 6.45) is -1.13. The van der Waals surface area contributed by atoms with Gasteiger partial charge in [-0.05, 0) is 24.3 Å². The number of carbonyl (C=O) groups is 1. The number of halogens is 1. The summed E-state index contributed by atoms with van der Waals surface area (Å²) in [5.41, 5.74) is 0.772. The highest BCUT2D eigenvalue weighted by molar-refractivity contribution is 7.86. The molecule has 29 heavy (non-hydrogen) atoms. The van der Waals surface area contributed by atoms with Crippen molar-refractivity contribution in [3.8, 4) is 0 Å². The van der Waals surface area contributed by atoms with Gasteiger partial charge < -0.3 is 16.0 Å². The molecule has 0 spiro atoms. The fourth-order valence-electron chi connectivity index (χ4n) is 2.31. The van der Waals surface area contributed by atoms with Crippen molar-refractivity contribution in [3.63, 3.8) is 0 Å². The molecule has 0 aliphatic carbocycles. The van der Waals surface area contributed by atoms with E-state index in [4.69, 9.17) is 0 Å². The van der Waals surface area contributed by atoms with Crippen LogP contribution in [0.3, 0.4) is 0 Å². The van der Waals surface area contributed by atoms with Crippen LogP contribution in [0.4, 0.5) is 33.3 Å². The van der Waals surface area contributed by atoms with Crippen molar-refractivity contribution in [2.24, 2.45) is 0 Å². The quantitative estimate of drug-likeness (QED) is 0.444. The highest BCUT2D eigenvalue weighted by Gasteiger charge is 2.16. The average Bonchev–Trinajstić information content (AvgIpc) is 2.60. The van der Waals surface area contributed by atoms with Gasteiger partial charge in [-0.2, -0.15) is 27.8 Å². The Morgan fingerprint density at radius 1 is 1.10 bits per heavy atom. The van der Waals surface area contributed by atoms with Crippen molar-refractivity contribution < 1.29 is 22.2 Å². The molecule has 0 fully saturated rings. The van der Waals surface area contributed by atoms with Crippen molar-refractivity contribution in [3.05, 3.63) is 54.6 Å². The lowest BCUT2D eigenvalue weighted by molar-refractivity contribution is -0.114. The number of anilines is 5. The Labute approximate surface area is 165 Å². The molecule has 149 valence electrons. The van der Waals surface area contributed by atoms with E-state index < -0.39 is 21.1 Å². The summed E-state index contributed by atoms with van der Waals surface area (Å²) in [5.74, 6) is -0.751. The third-order valence-corrected chi connectivity index (χ3v) is 4.30. The van der Waals surface area contributed by atoms with Crippen molar-refractivity contribution >= 4 is 45.0 Å². The molecule has 0 saturated heterocycles. The van der Waals surface area contributed by atoms with E-state index in [-0.39, 0.29) is 23.5 Å². The monoisotopic (exact) mass is 417 g/mol. The van der Waals surface area contributed by atoms with E-state index in [0.717, 1.165) is 0 Å². The molecular formula is C17H14FN6O4S. The van der Waals surface area contributed by atoms with Gasteiger partial charge in [-0.1, -0.05) is 18.2 Å². The van der Waals surface area contributed by atoms with E-state index in [2.05, 4.69) is 37.0 Å². The van der Waals surface area contributed by atoms with Gasteiger partial charge in [0.05, 0.1) is 11.4 Å². The fourth-order valence-corrected chi connectivity index (χ4v) is 2.96. The Morgan fingerprint density at radius 3 is 2.48 bits per heavy atom. The third-order valence-electron chi connectivity index (χ3n) is 3.39. The Balaban J connectivity index is 1.88. The van der Waals surface area contributed by atoms with Crippen LogP contribution in [0.5, 0.6) is 0 Å². The molecule has 1 radical (unpaired) electrons. The lowest BCUT2D eigenvalue weighted by Gasteiger charge is -2.11. The average molecular weight is 417 g/mol. The third kappa shape index (κ3) is 5.43. The summed E-state index contributed by atoms with van der Waals surface area (Å²) in [6.45, 7) is 1.34. The van der Waals surface area contributed by atoms with Gasteiger partial charge in [0.25, 0.3) is 10.1 Å². The molecule has 1 aromatic heterocycles. The van der Waals surface area contributed by atoms with Gasteiger partial charge in [-0.15, -0.1) is 0 Å². The molecule has 0 aliphatic heterocycles. The molecule has 10 nitrogen and oxygen atoms in total. The predicted octanol–water partition coefficient (Wildman–Crippen LogP) is 2.50. The van der Waals surface area contributed by atoms with E-state index >= 15 is 0 Å². The van der Waals surface area contributed by atoms with Crippen LogP contribution in [0, 0.1) is 12.1 Å². The highest BCUT2D eigenvalue weighted by atomic mass is 32.2. The minimum absolute atomic E-state index is 0.0474. The van der Waals surface area contributed by atoms with E-state index in [1.54, 1.807) is 6.07 Å². The first-order chi connectivity index (χ1) is 13.7. The first-order valence-corrected chi connectivity index (χ1v) is 9.46. The van der Waals surface area contributed by atoms with Gasteiger partial charge >= 0.3 is 6.08 Å². The molecular weight excluding hydrogens is 403 g/mol. The smallest absolute Gasteiger partial charge is 0.315 e. The predicted molar refractivity (Wildman–Crippen MR) is 102 cm³/mol. The summed E-state index contributed by atoms with van der Waals surface area (Å²) < 4.78 is 46.1. The van der Waals surface area contributed by atoms with Gasteiger partial charge in [-0.25, -0.2) is 0 Å². The van der Waals surface area contributed by atoms with Crippen LogP contribution in [-0.2, 0) is 14.9 Å². The largest absolute Gasteiger partial charge is 0.326 e. The molecule has 4 N–H and O–H groups in total. The zero-order valence-corrected chi connectivity index (χ0v) is 15.7. The van der Waals surface area contributed by atoms with Gasteiger partial charge in [0.15, 0.2) is 0 Å². The second kappa shape index (κ2) is 8.16. The standard InChI is InChI=1S/C17H14FN6O4S/c1-10(25)19-11-5-4-6-12(9-11)20-16-22-15(18)23-17(24-16)21-13-7-2-3-8-14(13)29(26,27)28/h2-4,6-9H,1H3,(H,19,25)(H,26,27,28)(H2,20,21,22,23,24). The van der Waals surface area contributed by atoms with Crippen molar-refractivity contribution in [1.29, 1.82) is 0 Å². The lowest BCUT2D eigenvalue weighted by Crippen LogP contribution is -2.09. The minimum Gasteiger partial charge on any atom is -0.326 e. The second-order valence-electron chi connectivity index (χ2n) is 5.65. The number of hydrogen-bond acceptors (Lipinski definition) is 8. The van der Waals surface area contributed by atoms with Crippen LogP contribution in [-0.4, -0.2) is 33.8 Å². The minimum atomic E-state index is -4.52. The summed E-state index contributed by atoms with van der Waals surface area (Å²) in [7, 11) is -4.52. The van der Waals surface area contributed by atoms with Crippen LogP contribution in [0.1, 0.15) is 6.92 Å². The Morgan fingerprint density at radius 2 is 1.79 bits per heavy atom. The van der Waals surface area contributed by atoms with Crippen LogP contribution >= 0.6 is 0 Å². The first kappa shape index (κ1) is 20.1. The summed E-state index contributed by atoms with van der Waals surface area (Å²) in [4.78, 5) is 21.7. The number of para-hydroxylation sites is 1. The van der Waals surface area contributed by atoms with Gasteiger partial charge in [0, 0.05) is 18.7 Å². The van der Waals surface area contributed by atoms with Gasteiger partial charge in [-0.3, -0.25) is 9.35 Å². The molecule has 1 amide bonds. The van der Waals surface area contributed by atoms with Crippen molar-refractivity contribution in [1.82, 2.24) is 15.0 Å². The van der Waals surface area contributed by atoms with Crippen molar-refractivity contribution in [2.75, 3.05) is 16.0 Å². The molecule has 0 unspecified atom stereocenters. The van der Waals surface area contributed by atoms with E-state index in [9.17, 15) is 22.2 Å². The SMILES string of the molecule is CC(=O)Nc1[c]ccc(Nc2nc(F)nc(Nc3ccccc3S(=O)(=O)O)n2)c1. The molecule has 0 saturated carbocycles. The van der Waals surface area contributed by atoms with E-state index in [0.29, 0.717) is 11.4 Å². The number of carbonyl (C=O) groups excluding carboxylic acids is 1. The molecule has 3 rings (SSSR count). The van der Waals surface area contributed by atoms with Gasteiger partial charge in [0.1, 0.15) is 4.90 Å². The molecule has 12 heteroatoms. The van der Waals surface area contributed by atoms with Crippen LogP contribution < -0.4 is 16.0 Å². The zero-order chi connectivity index (χ0) is 21.0. The maximum atomic E-state index is 13.8. The van der Waals surface area contributed by atoms with Crippen LogP contribution in [0.25, 0.3) is 0 Å². The first-order valence-electron chi connectivity index (χ1n) is 8.02. The summed E-state index contributed by atoms with van der Waals surface area (Å²) >= 11 is 0. The number of aromatic nitrogens is 3. The number of hydrogen-bond donors (Lipinski definition) is 4. The van der Waals surface area contributed by atoms with Crippen molar-refractivity contribution in [2.45, 2.75) is 11.8 Å². The Bertz CT molecular complexity index is 1170. The number of rotatable bonds is 6. The molecule has 1 heterocycles. The Hall–Kier alpha value is -3.64. The summed E-state index contributed by atoms with van der Waals surface area (Å²) in [5, 5.41) is 7.84. The lowest BCUT2D eigenvalue weighted by atomic mass is 10.3. The normalized spacial score (nSPS) is 11.0.